The van der Waals surface area contributed by atoms with Gasteiger partial charge in [-0.15, -0.1) is 0 Å². The Morgan fingerprint density at radius 2 is 1.89 bits per heavy atom. The van der Waals surface area contributed by atoms with Crippen LogP contribution in [0.1, 0.15) is 33.6 Å². The fourth-order valence-corrected chi connectivity index (χ4v) is 3.72. The van der Waals surface area contributed by atoms with Crippen molar-refractivity contribution < 1.29 is 9.22 Å². The third kappa shape index (κ3) is 2.78. The molecular weight excluding hydrogens is 244 g/mol. The highest BCUT2D eigenvalue weighted by Crippen LogP contribution is 2.38. The van der Waals surface area contributed by atoms with Crippen molar-refractivity contribution in [3.8, 4) is 0 Å². The summed E-state index contributed by atoms with van der Waals surface area (Å²) in [5.41, 5.74) is 0. The van der Waals surface area contributed by atoms with Gasteiger partial charge >= 0.3 is 0 Å². The number of hydrogen-bond acceptors (Lipinski definition) is 3. The van der Waals surface area contributed by atoms with Crippen molar-refractivity contribution in [1.82, 2.24) is 10.6 Å². The molecule has 1 amide bonds. The number of β-lactam (4-membered cyclic amide) rings is 1. The Bertz CT molecular complexity index is 330. The first-order chi connectivity index (χ1) is 8.19. The molecule has 5 heteroatoms. The zero-order valence-electron chi connectivity index (χ0n) is 12.2. The van der Waals surface area contributed by atoms with E-state index < -0.39 is 8.32 Å². The average molecular weight is 270 g/mol. The molecule has 0 unspecified atom stereocenters. The van der Waals surface area contributed by atoms with Crippen LogP contribution in [0.5, 0.6) is 0 Å². The van der Waals surface area contributed by atoms with Crippen molar-refractivity contribution in [1.29, 1.82) is 0 Å². The van der Waals surface area contributed by atoms with Crippen LogP contribution in [0.4, 0.5) is 0 Å². The van der Waals surface area contributed by atoms with Gasteiger partial charge in [-0.25, -0.2) is 0 Å². The SMILES string of the molecule is CC(C)(C)[Si](C)(C)O[C@H]1CN[C@H]([C@@H]2CC(=O)N2)C1. The minimum atomic E-state index is -1.67. The van der Waals surface area contributed by atoms with Crippen LogP contribution in [0, 0.1) is 0 Å². The molecule has 18 heavy (non-hydrogen) atoms. The zero-order chi connectivity index (χ0) is 13.6. The van der Waals surface area contributed by atoms with Gasteiger partial charge in [0.1, 0.15) is 0 Å². The summed E-state index contributed by atoms with van der Waals surface area (Å²) < 4.78 is 6.40. The van der Waals surface area contributed by atoms with Gasteiger partial charge in [0.05, 0.1) is 12.1 Å². The van der Waals surface area contributed by atoms with Crippen LogP contribution in [0.3, 0.4) is 0 Å². The molecule has 0 spiro atoms. The zero-order valence-corrected chi connectivity index (χ0v) is 13.2. The average Bonchev–Trinajstić information content (AvgIpc) is 2.58. The number of rotatable bonds is 3. The minimum Gasteiger partial charge on any atom is -0.413 e. The monoisotopic (exact) mass is 270 g/mol. The summed E-state index contributed by atoms with van der Waals surface area (Å²) >= 11 is 0. The van der Waals surface area contributed by atoms with E-state index >= 15 is 0 Å². The summed E-state index contributed by atoms with van der Waals surface area (Å²) in [5, 5.41) is 6.70. The number of nitrogens with one attached hydrogen (secondary N) is 2. The third-order valence-corrected chi connectivity index (χ3v) is 9.16. The fraction of sp³-hybridized carbons (Fsp3) is 0.923. The Labute approximate surface area is 111 Å². The van der Waals surface area contributed by atoms with Crippen molar-refractivity contribution in [2.24, 2.45) is 0 Å². The van der Waals surface area contributed by atoms with Crippen LogP contribution in [0.25, 0.3) is 0 Å². The third-order valence-electron chi connectivity index (χ3n) is 4.63. The number of amides is 1. The van der Waals surface area contributed by atoms with Gasteiger partial charge in [-0.1, -0.05) is 20.8 Å². The van der Waals surface area contributed by atoms with Gasteiger partial charge in [0.25, 0.3) is 0 Å². The number of carbonyl (C=O) groups is 1. The van der Waals surface area contributed by atoms with E-state index in [4.69, 9.17) is 4.43 Å². The van der Waals surface area contributed by atoms with E-state index in [1.165, 1.54) is 0 Å². The topological polar surface area (TPSA) is 50.4 Å². The molecule has 0 aliphatic carbocycles. The minimum absolute atomic E-state index is 0.176. The predicted molar refractivity (Wildman–Crippen MR) is 75.0 cm³/mol. The van der Waals surface area contributed by atoms with Crippen LogP contribution in [-0.4, -0.2) is 39.0 Å². The van der Waals surface area contributed by atoms with Crippen LogP contribution in [-0.2, 0) is 9.22 Å². The molecule has 4 nitrogen and oxygen atoms in total. The second kappa shape index (κ2) is 4.61. The number of carbonyl (C=O) groups excluding carboxylic acids is 1. The fourth-order valence-electron chi connectivity index (χ4n) is 2.35. The van der Waals surface area contributed by atoms with Crippen molar-refractivity contribution >= 4 is 14.2 Å². The summed E-state index contributed by atoms with van der Waals surface area (Å²) in [6.45, 7) is 12.3. The predicted octanol–water partition coefficient (Wildman–Crippen LogP) is 1.63. The quantitative estimate of drug-likeness (QED) is 0.605. The van der Waals surface area contributed by atoms with Gasteiger partial charge in [-0.3, -0.25) is 4.79 Å². The van der Waals surface area contributed by atoms with Gasteiger partial charge in [-0.05, 0) is 24.6 Å². The highest BCUT2D eigenvalue weighted by Gasteiger charge is 2.43. The van der Waals surface area contributed by atoms with Crippen molar-refractivity contribution in [2.75, 3.05) is 6.54 Å². The molecule has 2 aliphatic rings. The molecule has 0 saturated carbocycles. The molecule has 104 valence electrons. The summed E-state index contributed by atoms with van der Waals surface area (Å²) in [5.74, 6) is 0.176. The summed E-state index contributed by atoms with van der Waals surface area (Å²) in [6, 6.07) is 0.725. The molecule has 2 fully saturated rings. The lowest BCUT2D eigenvalue weighted by Gasteiger charge is -2.38. The molecular formula is C13H26N2O2Si. The first-order valence-corrected chi connectivity index (χ1v) is 9.80. The van der Waals surface area contributed by atoms with Gasteiger partial charge in [-0.2, -0.15) is 0 Å². The highest BCUT2D eigenvalue weighted by molar-refractivity contribution is 6.74. The van der Waals surface area contributed by atoms with E-state index in [1.807, 2.05) is 0 Å². The Kier molecular flexibility index (Phi) is 3.60. The molecule has 2 N–H and O–H groups in total. The van der Waals surface area contributed by atoms with Crippen molar-refractivity contribution in [3.05, 3.63) is 0 Å². The smallest absolute Gasteiger partial charge is 0.222 e. The first-order valence-electron chi connectivity index (χ1n) is 6.89. The highest BCUT2D eigenvalue weighted by atomic mass is 28.4. The Balaban J connectivity index is 1.84. The van der Waals surface area contributed by atoms with Gasteiger partial charge in [0.15, 0.2) is 8.32 Å². The van der Waals surface area contributed by atoms with Crippen LogP contribution >= 0.6 is 0 Å². The normalized spacial score (nSPS) is 33.2. The lowest BCUT2D eigenvalue weighted by molar-refractivity contribution is -0.128. The maximum Gasteiger partial charge on any atom is 0.222 e. The van der Waals surface area contributed by atoms with Crippen molar-refractivity contribution in [2.45, 2.75) is 69.9 Å². The van der Waals surface area contributed by atoms with E-state index in [0.717, 1.165) is 13.0 Å². The van der Waals surface area contributed by atoms with Crippen molar-refractivity contribution in [3.63, 3.8) is 0 Å². The largest absolute Gasteiger partial charge is 0.413 e. The summed E-state index contributed by atoms with van der Waals surface area (Å²) in [6.07, 6.45) is 2.01. The van der Waals surface area contributed by atoms with Crippen LogP contribution < -0.4 is 10.6 Å². The second-order valence-electron chi connectivity index (χ2n) is 7.13. The lowest BCUT2D eigenvalue weighted by Crippen LogP contribution is -2.57. The molecule has 0 aromatic rings. The molecule has 0 radical (unpaired) electrons. The number of hydrogen-bond donors (Lipinski definition) is 2. The maximum atomic E-state index is 10.9. The standard InChI is InChI=1S/C13H26N2O2Si/c1-13(2,3)18(4,5)17-9-6-10(14-8-9)11-7-12(16)15-11/h9-11,14H,6-8H2,1-5H3,(H,15,16)/t9-,10+,11+/m1/s1. The molecule has 2 aliphatic heterocycles. The summed E-state index contributed by atoms with van der Waals surface area (Å²) in [4.78, 5) is 10.9. The Hall–Kier alpha value is -0.393. The van der Waals surface area contributed by atoms with E-state index in [-0.39, 0.29) is 10.9 Å². The Morgan fingerprint density at radius 1 is 1.28 bits per heavy atom. The molecule has 0 aromatic heterocycles. The molecule has 0 aromatic carbocycles. The molecule has 2 saturated heterocycles. The lowest BCUT2D eigenvalue weighted by atomic mass is 9.96. The van der Waals surface area contributed by atoms with E-state index in [0.29, 0.717) is 24.6 Å². The maximum absolute atomic E-state index is 10.9. The Morgan fingerprint density at radius 3 is 2.39 bits per heavy atom. The first kappa shape index (κ1) is 14.0. The molecule has 0 bridgehead atoms. The van der Waals surface area contributed by atoms with Crippen LogP contribution in [0.15, 0.2) is 0 Å². The van der Waals surface area contributed by atoms with Gasteiger partial charge in [0, 0.05) is 19.0 Å². The summed E-state index contributed by atoms with van der Waals surface area (Å²) in [7, 11) is -1.67. The molecule has 2 rings (SSSR count). The van der Waals surface area contributed by atoms with E-state index in [2.05, 4.69) is 44.5 Å². The van der Waals surface area contributed by atoms with E-state index in [9.17, 15) is 4.79 Å². The molecule has 2 heterocycles. The van der Waals surface area contributed by atoms with Crippen LogP contribution in [0.2, 0.25) is 18.1 Å². The van der Waals surface area contributed by atoms with E-state index in [1.54, 1.807) is 0 Å². The second-order valence-corrected chi connectivity index (χ2v) is 11.9. The van der Waals surface area contributed by atoms with Gasteiger partial charge in [0.2, 0.25) is 5.91 Å². The van der Waals surface area contributed by atoms with Gasteiger partial charge < -0.3 is 15.1 Å². The molecule has 3 atom stereocenters.